The molecule has 0 radical (unpaired) electrons. The predicted octanol–water partition coefficient (Wildman–Crippen LogP) is 5.06. The average Bonchev–Trinajstić information content (AvgIpc) is 2.98. The molecule has 0 aromatic heterocycles. The molecule has 2 fully saturated rings. The molecule has 0 N–H and O–H groups in total. The van der Waals surface area contributed by atoms with Crippen LogP contribution in [0.15, 0.2) is 36.9 Å². The Morgan fingerprint density at radius 2 is 1.13 bits per heavy atom. The van der Waals surface area contributed by atoms with Gasteiger partial charge in [0.2, 0.25) is 0 Å². The van der Waals surface area contributed by atoms with Gasteiger partial charge in [0.15, 0.2) is 0 Å². The molecule has 0 aliphatic carbocycles. The lowest BCUT2D eigenvalue weighted by Crippen LogP contribution is -2.41. The van der Waals surface area contributed by atoms with Crippen molar-refractivity contribution in [2.75, 3.05) is 7.11 Å². The first-order valence-corrected chi connectivity index (χ1v) is 10.7. The summed E-state index contributed by atoms with van der Waals surface area (Å²) >= 11 is 0. The van der Waals surface area contributed by atoms with Crippen molar-refractivity contribution in [3.63, 3.8) is 0 Å². The molecule has 5 nitrogen and oxygen atoms in total. The Kier molecular flexibility index (Phi) is 6.00. The highest BCUT2D eigenvalue weighted by atomic mass is 16.7. The number of rotatable bonds is 6. The van der Waals surface area contributed by atoms with Crippen LogP contribution in [0.5, 0.6) is 5.75 Å². The molecule has 0 amide bonds. The largest absolute Gasteiger partial charge is 0.497 e. The van der Waals surface area contributed by atoms with Crippen LogP contribution in [0.3, 0.4) is 0 Å². The van der Waals surface area contributed by atoms with Crippen LogP contribution in [0.2, 0.25) is 5.72 Å². The topological polar surface area (TPSA) is 46.2 Å². The average molecular weight is 414 g/mol. The van der Waals surface area contributed by atoms with Gasteiger partial charge in [0.25, 0.3) is 0 Å². The summed E-state index contributed by atoms with van der Waals surface area (Å²) in [4.78, 5) is 0. The lowest BCUT2D eigenvalue weighted by atomic mass is 9.46. The van der Waals surface area contributed by atoms with Crippen molar-refractivity contribution in [1.29, 1.82) is 0 Å². The Hall–Kier alpha value is -1.27. The van der Waals surface area contributed by atoms with Crippen LogP contribution in [-0.2, 0) is 18.6 Å². The number of benzene rings is 1. The van der Waals surface area contributed by atoms with E-state index in [0.29, 0.717) is 0 Å². The highest BCUT2D eigenvalue weighted by Crippen LogP contribution is 2.50. The van der Waals surface area contributed by atoms with Crippen molar-refractivity contribution in [3.8, 4) is 5.75 Å². The third-order valence-corrected chi connectivity index (χ3v) is 7.34. The molecule has 2 aliphatic heterocycles. The molecule has 2 aliphatic rings. The Balaban J connectivity index is 2.02. The summed E-state index contributed by atoms with van der Waals surface area (Å²) in [6.45, 7) is 20.6. The van der Waals surface area contributed by atoms with Crippen LogP contribution in [0.1, 0.15) is 66.9 Å². The second kappa shape index (κ2) is 7.70. The van der Waals surface area contributed by atoms with Gasteiger partial charge in [-0.05, 0) is 73.1 Å². The zero-order valence-electron chi connectivity index (χ0n) is 19.9. The summed E-state index contributed by atoms with van der Waals surface area (Å²) in [5.41, 5.74) is -0.967. The van der Waals surface area contributed by atoms with Crippen LogP contribution in [0.25, 0.3) is 0 Å². The normalized spacial score (nSPS) is 24.9. The minimum Gasteiger partial charge on any atom is -0.497 e. The summed E-state index contributed by atoms with van der Waals surface area (Å²) in [6.07, 6.45) is 1.93. The molecule has 2 saturated heterocycles. The van der Waals surface area contributed by atoms with Crippen LogP contribution in [0.4, 0.5) is 0 Å². The van der Waals surface area contributed by atoms with E-state index in [1.807, 2.05) is 18.2 Å². The Morgan fingerprint density at radius 3 is 1.43 bits per heavy atom. The first-order chi connectivity index (χ1) is 13.7. The smallest absolute Gasteiger partial charge is 0.459 e. The van der Waals surface area contributed by atoms with E-state index < -0.39 is 36.6 Å². The van der Waals surface area contributed by atoms with E-state index in [2.05, 4.69) is 74.1 Å². The van der Waals surface area contributed by atoms with Crippen molar-refractivity contribution in [1.82, 2.24) is 0 Å². The fourth-order valence-corrected chi connectivity index (χ4v) is 3.90. The molecule has 0 unspecified atom stereocenters. The summed E-state index contributed by atoms with van der Waals surface area (Å²) in [7, 11) is 0.655. The maximum Gasteiger partial charge on any atom is 0.459 e. The molecule has 30 heavy (non-hydrogen) atoms. The minimum absolute atomic E-state index is 0.0969. The van der Waals surface area contributed by atoms with E-state index in [1.54, 1.807) is 7.11 Å². The van der Waals surface area contributed by atoms with Crippen molar-refractivity contribution in [2.24, 2.45) is 0 Å². The molecular formula is C23H36B2O5. The number of methoxy groups -OCH3 is 1. The molecule has 1 aromatic rings. The fourth-order valence-electron chi connectivity index (χ4n) is 3.90. The second-order valence-electron chi connectivity index (χ2n) is 10.4. The quantitative estimate of drug-likeness (QED) is 0.481. The second-order valence-corrected chi connectivity index (χ2v) is 10.4. The summed E-state index contributed by atoms with van der Waals surface area (Å²) in [5, 5.41) is 0. The molecule has 0 saturated carbocycles. The molecule has 2 heterocycles. The first kappa shape index (κ1) is 23.4. The predicted molar refractivity (Wildman–Crippen MR) is 122 cm³/mol. The van der Waals surface area contributed by atoms with Gasteiger partial charge in [-0.2, -0.15) is 0 Å². The zero-order chi connectivity index (χ0) is 22.5. The van der Waals surface area contributed by atoms with E-state index >= 15 is 0 Å². The molecule has 164 valence electrons. The third kappa shape index (κ3) is 3.97. The van der Waals surface area contributed by atoms with E-state index in [4.69, 9.17) is 23.4 Å². The lowest BCUT2D eigenvalue weighted by molar-refractivity contribution is 0.00578. The maximum absolute atomic E-state index is 6.47. The Labute approximate surface area is 182 Å². The third-order valence-electron chi connectivity index (χ3n) is 7.34. The number of hydrogen-bond acceptors (Lipinski definition) is 5. The molecule has 0 spiro atoms. The van der Waals surface area contributed by atoms with Gasteiger partial charge in [0, 0.05) is 11.6 Å². The maximum atomic E-state index is 6.47. The van der Waals surface area contributed by atoms with Crippen LogP contribution >= 0.6 is 0 Å². The SMILES string of the molecule is C=C[C@H](c1ccc(OC)cc1)C(B1OC(C)(C)C(C)(C)O1)B1OC(C)(C)C(C)(C)O1. The Morgan fingerprint density at radius 1 is 0.767 bits per heavy atom. The van der Waals surface area contributed by atoms with Crippen LogP contribution in [0, 0.1) is 0 Å². The Bertz CT molecular complexity index is 704. The van der Waals surface area contributed by atoms with Gasteiger partial charge in [-0.1, -0.05) is 18.2 Å². The van der Waals surface area contributed by atoms with Gasteiger partial charge in [0.05, 0.1) is 29.5 Å². The fraction of sp³-hybridized carbons (Fsp3) is 0.652. The molecule has 3 rings (SSSR count). The molecule has 1 aromatic carbocycles. The number of hydrogen-bond donors (Lipinski definition) is 0. The highest BCUT2D eigenvalue weighted by Gasteiger charge is 2.63. The summed E-state index contributed by atoms with van der Waals surface area (Å²) in [5.74, 6) is 0.713. The summed E-state index contributed by atoms with van der Waals surface area (Å²) < 4.78 is 31.2. The van der Waals surface area contributed by atoms with Crippen LogP contribution < -0.4 is 4.74 Å². The lowest BCUT2D eigenvalue weighted by Gasteiger charge is -2.32. The molecule has 7 heteroatoms. The van der Waals surface area contributed by atoms with E-state index in [1.165, 1.54) is 0 Å². The zero-order valence-corrected chi connectivity index (χ0v) is 19.9. The highest BCUT2D eigenvalue weighted by molar-refractivity contribution is 6.68. The molecule has 0 bridgehead atoms. The van der Waals surface area contributed by atoms with Crippen molar-refractivity contribution < 1.29 is 23.4 Å². The van der Waals surface area contributed by atoms with E-state index in [9.17, 15) is 0 Å². The monoisotopic (exact) mass is 414 g/mol. The van der Waals surface area contributed by atoms with Crippen LogP contribution in [-0.4, -0.2) is 43.8 Å². The van der Waals surface area contributed by atoms with Crippen molar-refractivity contribution in [3.05, 3.63) is 42.5 Å². The van der Waals surface area contributed by atoms with Gasteiger partial charge < -0.3 is 23.4 Å². The summed E-state index contributed by atoms with van der Waals surface area (Å²) in [6, 6.07) is 8.01. The van der Waals surface area contributed by atoms with Gasteiger partial charge >= 0.3 is 14.2 Å². The van der Waals surface area contributed by atoms with Gasteiger partial charge in [-0.25, -0.2) is 0 Å². The van der Waals surface area contributed by atoms with Crippen molar-refractivity contribution in [2.45, 2.75) is 89.4 Å². The van der Waals surface area contributed by atoms with Gasteiger partial charge in [-0.3, -0.25) is 0 Å². The first-order valence-electron chi connectivity index (χ1n) is 10.7. The molecular weight excluding hydrogens is 378 g/mol. The van der Waals surface area contributed by atoms with E-state index in [-0.39, 0.29) is 11.6 Å². The number of ether oxygens (including phenoxy) is 1. The van der Waals surface area contributed by atoms with Gasteiger partial charge in [-0.15, -0.1) is 6.58 Å². The minimum atomic E-state index is -0.505. The number of allylic oxidation sites excluding steroid dienone is 1. The standard InChI is InChI=1S/C23H36B2O5/c1-11-18(16-12-14-17(26-10)15-13-16)19(24-27-20(2,3)21(4,5)28-24)25-29-22(6,7)23(8,9)30-25/h11-15,18-19H,1H2,2-10H3/t18-/m1/s1. The van der Waals surface area contributed by atoms with Gasteiger partial charge in [0.1, 0.15) is 5.75 Å². The van der Waals surface area contributed by atoms with E-state index in [0.717, 1.165) is 11.3 Å². The van der Waals surface area contributed by atoms with Crippen molar-refractivity contribution >= 4 is 14.2 Å². The molecule has 1 atom stereocenters.